The van der Waals surface area contributed by atoms with Gasteiger partial charge in [-0.1, -0.05) is 0 Å². The highest BCUT2D eigenvalue weighted by atomic mass is 32.1. The molecule has 0 aliphatic rings. The zero-order chi connectivity index (χ0) is 21.2. The van der Waals surface area contributed by atoms with E-state index in [1.54, 1.807) is 31.4 Å². The summed E-state index contributed by atoms with van der Waals surface area (Å²) in [5.74, 6) is -1.11. The normalized spacial score (nSPS) is 10.0. The molecule has 2 rings (SSSR count). The van der Waals surface area contributed by atoms with Crippen molar-refractivity contribution in [3.63, 3.8) is 0 Å². The molecular formula is C20H21N3O5S. The van der Waals surface area contributed by atoms with E-state index in [0.29, 0.717) is 35.5 Å². The van der Waals surface area contributed by atoms with Crippen LogP contribution in [0.25, 0.3) is 0 Å². The molecule has 0 saturated carbocycles. The average molecular weight is 415 g/mol. The highest BCUT2D eigenvalue weighted by molar-refractivity contribution is 7.80. The van der Waals surface area contributed by atoms with Crippen LogP contribution in [0.4, 0.5) is 5.69 Å². The smallest absolute Gasteiger partial charge is 0.337 e. The quantitative estimate of drug-likeness (QED) is 0.361. The average Bonchev–Trinajstić information content (AvgIpc) is 2.73. The highest BCUT2D eigenvalue weighted by Gasteiger charge is 2.11. The first-order chi connectivity index (χ1) is 13.9. The number of amides is 2. The molecule has 0 radical (unpaired) electrons. The predicted octanol–water partition coefficient (Wildman–Crippen LogP) is 1.98. The molecule has 0 aromatic heterocycles. The molecule has 0 atom stereocenters. The zero-order valence-corrected chi connectivity index (χ0v) is 16.8. The maximum Gasteiger partial charge on any atom is 0.337 e. The van der Waals surface area contributed by atoms with Crippen molar-refractivity contribution in [2.45, 2.75) is 0 Å². The Labute approximate surface area is 173 Å². The van der Waals surface area contributed by atoms with Crippen molar-refractivity contribution >= 4 is 40.8 Å². The highest BCUT2D eigenvalue weighted by Crippen LogP contribution is 2.10. The van der Waals surface area contributed by atoms with Gasteiger partial charge in [0.05, 0.1) is 19.3 Å². The molecule has 8 nitrogen and oxygen atoms in total. The van der Waals surface area contributed by atoms with Crippen molar-refractivity contribution in [2.75, 3.05) is 32.7 Å². The van der Waals surface area contributed by atoms with Crippen LogP contribution in [0.1, 0.15) is 31.1 Å². The lowest BCUT2D eigenvalue weighted by atomic mass is 10.1. The van der Waals surface area contributed by atoms with Crippen molar-refractivity contribution in [1.82, 2.24) is 10.6 Å². The van der Waals surface area contributed by atoms with Crippen LogP contribution in [0.3, 0.4) is 0 Å². The molecule has 9 heteroatoms. The minimum absolute atomic E-state index is 0.101. The molecule has 3 N–H and O–H groups in total. The van der Waals surface area contributed by atoms with Crippen LogP contribution in [0.15, 0.2) is 48.5 Å². The molecule has 0 saturated heterocycles. The van der Waals surface area contributed by atoms with Crippen LogP contribution in [0.2, 0.25) is 0 Å². The Kier molecular flexibility index (Phi) is 8.26. The molecular weight excluding hydrogens is 394 g/mol. The molecule has 0 heterocycles. The summed E-state index contributed by atoms with van der Waals surface area (Å²) in [6.07, 6.45) is 0. The van der Waals surface area contributed by atoms with Crippen LogP contribution >= 0.6 is 12.2 Å². The lowest BCUT2D eigenvalue weighted by Crippen LogP contribution is -2.34. The first-order valence-electron chi connectivity index (χ1n) is 8.62. The lowest BCUT2D eigenvalue weighted by molar-refractivity contribution is 0.0600. The van der Waals surface area contributed by atoms with Gasteiger partial charge in [-0.3, -0.25) is 14.9 Å². The largest absolute Gasteiger partial charge is 0.465 e. The van der Waals surface area contributed by atoms with Gasteiger partial charge < -0.3 is 20.1 Å². The van der Waals surface area contributed by atoms with Gasteiger partial charge in [-0.15, -0.1) is 0 Å². The first-order valence-corrected chi connectivity index (χ1v) is 9.03. The number of hydrogen-bond donors (Lipinski definition) is 3. The topological polar surface area (TPSA) is 106 Å². The van der Waals surface area contributed by atoms with Gasteiger partial charge in [0.25, 0.3) is 11.8 Å². The Hall–Kier alpha value is -3.30. The summed E-state index contributed by atoms with van der Waals surface area (Å²) in [6.45, 7) is 0.858. The molecule has 0 bridgehead atoms. The monoisotopic (exact) mass is 415 g/mol. The summed E-state index contributed by atoms with van der Waals surface area (Å²) in [5, 5.41) is 8.25. The number of methoxy groups -OCH3 is 2. The third kappa shape index (κ3) is 6.66. The summed E-state index contributed by atoms with van der Waals surface area (Å²) < 4.78 is 9.50. The van der Waals surface area contributed by atoms with E-state index in [1.807, 2.05) is 0 Å². The van der Waals surface area contributed by atoms with E-state index < -0.39 is 11.9 Å². The van der Waals surface area contributed by atoms with Crippen LogP contribution in [0.5, 0.6) is 0 Å². The molecule has 0 fully saturated rings. The van der Waals surface area contributed by atoms with E-state index >= 15 is 0 Å². The van der Waals surface area contributed by atoms with Crippen LogP contribution in [-0.4, -0.2) is 50.3 Å². The number of ether oxygens (including phenoxy) is 2. The van der Waals surface area contributed by atoms with Crippen molar-refractivity contribution in [2.24, 2.45) is 0 Å². The second kappa shape index (κ2) is 10.9. The van der Waals surface area contributed by atoms with Crippen molar-refractivity contribution in [3.05, 3.63) is 65.2 Å². The van der Waals surface area contributed by atoms with Crippen LogP contribution in [-0.2, 0) is 9.47 Å². The number of hydrogen-bond acceptors (Lipinski definition) is 6. The van der Waals surface area contributed by atoms with Crippen LogP contribution in [0, 0.1) is 0 Å². The maximum absolute atomic E-state index is 12.2. The predicted molar refractivity (Wildman–Crippen MR) is 112 cm³/mol. The Bertz CT molecular complexity index is 882. The Morgan fingerprint density at radius 2 is 1.41 bits per heavy atom. The van der Waals surface area contributed by atoms with Crippen molar-refractivity contribution in [3.8, 4) is 0 Å². The summed E-state index contributed by atoms with van der Waals surface area (Å²) in [6, 6.07) is 12.6. The molecule has 0 spiro atoms. The van der Waals surface area contributed by atoms with E-state index in [2.05, 4.69) is 20.7 Å². The minimum Gasteiger partial charge on any atom is -0.465 e. The van der Waals surface area contributed by atoms with E-state index in [9.17, 15) is 14.4 Å². The Balaban J connectivity index is 1.89. The van der Waals surface area contributed by atoms with Crippen molar-refractivity contribution in [1.29, 1.82) is 0 Å². The molecule has 29 heavy (non-hydrogen) atoms. The molecule has 2 aromatic rings. The SMILES string of the molecule is COCCNC(=O)c1ccc(NC(=S)NC(=O)c2ccc(C(=O)OC)cc2)cc1. The zero-order valence-electron chi connectivity index (χ0n) is 16.0. The molecule has 2 aromatic carbocycles. The van der Waals surface area contributed by atoms with Gasteiger partial charge in [0.2, 0.25) is 0 Å². The summed E-state index contributed by atoms with van der Waals surface area (Å²) in [4.78, 5) is 35.6. The fraction of sp³-hybridized carbons (Fsp3) is 0.200. The number of thiocarbonyl (C=S) groups is 1. The van der Waals surface area contributed by atoms with E-state index in [4.69, 9.17) is 17.0 Å². The van der Waals surface area contributed by atoms with Gasteiger partial charge in [0, 0.05) is 30.5 Å². The number of nitrogens with one attached hydrogen (secondary N) is 3. The fourth-order valence-electron chi connectivity index (χ4n) is 2.29. The van der Waals surface area contributed by atoms with Gasteiger partial charge in [0.1, 0.15) is 0 Å². The molecule has 0 aliphatic heterocycles. The maximum atomic E-state index is 12.2. The van der Waals surface area contributed by atoms with E-state index in [1.165, 1.54) is 31.4 Å². The number of esters is 1. The van der Waals surface area contributed by atoms with Gasteiger partial charge in [0.15, 0.2) is 5.11 Å². The summed E-state index contributed by atoms with van der Waals surface area (Å²) in [7, 11) is 2.85. The lowest BCUT2D eigenvalue weighted by Gasteiger charge is -2.10. The standard InChI is InChI=1S/C20H21N3O5S/c1-27-12-11-21-17(24)13-7-9-16(10-8-13)22-20(29)23-18(25)14-3-5-15(6-4-14)19(26)28-2/h3-10H,11-12H2,1-2H3,(H,21,24)(H2,22,23,25,29). The summed E-state index contributed by atoms with van der Waals surface area (Å²) in [5.41, 5.74) is 1.79. The number of carbonyl (C=O) groups is 3. The second-order valence-corrected chi connectivity index (χ2v) is 6.21. The molecule has 152 valence electrons. The number of rotatable bonds is 7. The Morgan fingerprint density at radius 1 is 0.862 bits per heavy atom. The third-order valence-electron chi connectivity index (χ3n) is 3.79. The number of carbonyl (C=O) groups excluding carboxylic acids is 3. The molecule has 2 amide bonds. The summed E-state index contributed by atoms with van der Waals surface area (Å²) >= 11 is 5.14. The van der Waals surface area contributed by atoms with Crippen LogP contribution < -0.4 is 16.0 Å². The van der Waals surface area contributed by atoms with Gasteiger partial charge >= 0.3 is 5.97 Å². The number of anilines is 1. The van der Waals surface area contributed by atoms with E-state index in [0.717, 1.165) is 0 Å². The minimum atomic E-state index is -0.482. The van der Waals surface area contributed by atoms with Gasteiger partial charge in [-0.25, -0.2) is 4.79 Å². The molecule has 0 aliphatic carbocycles. The number of benzene rings is 2. The first kappa shape index (κ1) is 22.0. The van der Waals surface area contributed by atoms with E-state index in [-0.39, 0.29) is 11.0 Å². The Morgan fingerprint density at radius 3 is 2.00 bits per heavy atom. The second-order valence-electron chi connectivity index (χ2n) is 5.80. The fourth-order valence-corrected chi connectivity index (χ4v) is 2.50. The van der Waals surface area contributed by atoms with Crippen molar-refractivity contribution < 1.29 is 23.9 Å². The third-order valence-corrected chi connectivity index (χ3v) is 4.00. The van der Waals surface area contributed by atoms with Gasteiger partial charge in [-0.05, 0) is 60.7 Å². The van der Waals surface area contributed by atoms with Gasteiger partial charge in [-0.2, -0.15) is 0 Å². The molecule has 0 unspecified atom stereocenters.